The Hall–Kier alpha value is -1.44. The Morgan fingerprint density at radius 2 is 2.27 bits per heavy atom. The fourth-order valence-electron chi connectivity index (χ4n) is 1.05. The number of rotatable bonds is 0. The second-order valence-corrected chi connectivity index (χ2v) is 2.35. The highest BCUT2D eigenvalue weighted by atomic mass is 16.6. The van der Waals surface area contributed by atoms with Crippen molar-refractivity contribution in [3.05, 3.63) is 42.1 Å². The normalized spacial score (nSPS) is 14.2. The van der Waals surface area contributed by atoms with Crippen LogP contribution in [0.2, 0.25) is 0 Å². The zero-order chi connectivity index (χ0) is 7.52. The van der Waals surface area contributed by atoms with E-state index in [9.17, 15) is 0 Å². The molecule has 2 heteroatoms. The first-order valence-electron chi connectivity index (χ1n) is 3.52. The fraction of sp³-hybridized carbons (Fsp3) is 0.111. The maximum Gasteiger partial charge on any atom is 0.158 e. The molecule has 11 heavy (non-hydrogen) atoms. The van der Waals surface area contributed by atoms with Gasteiger partial charge in [-0.3, -0.25) is 0 Å². The summed E-state index contributed by atoms with van der Waals surface area (Å²) in [5.74, 6) is 0.883. The lowest BCUT2D eigenvalue weighted by Crippen LogP contribution is -2.09. The summed E-state index contributed by atoms with van der Waals surface area (Å²) in [5, 5.41) is 0. The number of allylic oxidation sites excluding steroid dienone is 1. The van der Waals surface area contributed by atoms with Crippen molar-refractivity contribution >= 4 is 0 Å². The molecule has 1 aliphatic heterocycles. The van der Waals surface area contributed by atoms with Crippen molar-refractivity contribution in [2.75, 3.05) is 0 Å². The third-order valence-corrected chi connectivity index (χ3v) is 1.59. The summed E-state index contributed by atoms with van der Waals surface area (Å²) >= 11 is 0. The van der Waals surface area contributed by atoms with Crippen molar-refractivity contribution in [1.82, 2.24) is 5.48 Å². The molecular formula is C9H8NO. The molecule has 1 heterocycles. The monoisotopic (exact) mass is 146 g/mol. The second kappa shape index (κ2) is 2.66. The highest BCUT2D eigenvalue weighted by Crippen LogP contribution is 2.18. The molecule has 2 nitrogen and oxygen atoms in total. The van der Waals surface area contributed by atoms with Gasteiger partial charge in [0.05, 0.1) is 0 Å². The van der Waals surface area contributed by atoms with Gasteiger partial charge in [0.1, 0.15) is 0 Å². The molecule has 0 unspecified atom stereocenters. The molecule has 1 aromatic carbocycles. The van der Waals surface area contributed by atoms with Crippen LogP contribution in [0.5, 0.6) is 5.75 Å². The first-order valence-corrected chi connectivity index (χ1v) is 3.52. The maximum absolute atomic E-state index is 5.18. The lowest BCUT2D eigenvalue weighted by molar-refractivity contribution is 0.243. The van der Waals surface area contributed by atoms with E-state index in [1.165, 1.54) is 0 Å². The van der Waals surface area contributed by atoms with Crippen LogP contribution in [0.3, 0.4) is 0 Å². The largest absolute Gasteiger partial charge is 0.382 e. The van der Waals surface area contributed by atoms with Crippen LogP contribution in [0.1, 0.15) is 5.56 Å². The molecule has 0 fully saturated rings. The third kappa shape index (κ3) is 1.19. The van der Waals surface area contributed by atoms with Crippen LogP contribution < -0.4 is 10.3 Å². The summed E-state index contributed by atoms with van der Waals surface area (Å²) in [6, 6.07) is 7.91. The van der Waals surface area contributed by atoms with Crippen molar-refractivity contribution in [2.45, 2.75) is 6.42 Å². The Balaban J connectivity index is 2.40. The van der Waals surface area contributed by atoms with Crippen LogP contribution in [0.4, 0.5) is 0 Å². The zero-order valence-corrected chi connectivity index (χ0v) is 6.00. The second-order valence-electron chi connectivity index (χ2n) is 2.35. The standard InChI is InChI=1S/C9H8NO/c1-2-6-9-8(4-1)5-3-7-10-11-9/h1-2,4,6-7,10H,5H2. The third-order valence-electron chi connectivity index (χ3n) is 1.59. The minimum absolute atomic E-state index is 0.809. The smallest absolute Gasteiger partial charge is 0.158 e. The summed E-state index contributed by atoms with van der Waals surface area (Å²) in [7, 11) is 0. The number of hydrogen-bond donors (Lipinski definition) is 1. The number of para-hydroxylation sites is 1. The van der Waals surface area contributed by atoms with Crippen LogP contribution >= 0.6 is 0 Å². The molecule has 0 saturated heterocycles. The van der Waals surface area contributed by atoms with Gasteiger partial charge < -0.3 is 4.84 Å². The molecule has 1 aromatic rings. The molecule has 2 rings (SSSR count). The SMILES string of the molecule is [C]1=CNOc2ccccc2C1. The van der Waals surface area contributed by atoms with Crippen LogP contribution in [-0.4, -0.2) is 0 Å². The quantitative estimate of drug-likeness (QED) is 0.598. The Bertz CT molecular complexity index is 281. The van der Waals surface area contributed by atoms with E-state index >= 15 is 0 Å². The minimum atomic E-state index is 0.809. The number of hydroxylamine groups is 1. The van der Waals surface area contributed by atoms with Gasteiger partial charge in [-0.05, 0) is 12.1 Å². The van der Waals surface area contributed by atoms with Crippen LogP contribution in [0.25, 0.3) is 0 Å². The van der Waals surface area contributed by atoms with Gasteiger partial charge in [-0.1, -0.05) is 18.2 Å². The van der Waals surface area contributed by atoms with Gasteiger partial charge in [0.15, 0.2) is 5.75 Å². The van der Waals surface area contributed by atoms with E-state index in [1.807, 2.05) is 24.3 Å². The van der Waals surface area contributed by atoms with Gasteiger partial charge in [0.2, 0.25) is 0 Å². The van der Waals surface area contributed by atoms with E-state index in [2.05, 4.69) is 11.6 Å². The summed E-state index contributed by atoms with van der Waals surface area (Å²) in [6.45, 7) is 0. The van der Waals surface area contributed by atoms with Crippen LogP contribution in [0.15, 0.2) is 30.5 Å². The number of fused-ring (bicyclic) bond motifs is 1. The van der Waals surface area contributed by atoms with Gasteiger partial charge in [0, 0.05) is 18.2 Å². The molecule has 0 spiro atoms. The maximum atomic E-state index is 5.18. The van der Waals surface area contributed by atoms with E-state index in [-0.39, 0.29) is 0 Å². The minimum Gasteiger partial charge on any atom is -0.382 e. The summed E-state index contributed by atoms with van der Waals surface area (Å²) in [6.07, 6.45) is 5.53. The summed E-state index contributed by atoms with van der Waals surface area (Å²) in [5.41, 5.74) is 3.83. The first kappa shape index (κ1) is 6.28. The topological polar surface area (TPSA) is 21.3 Å². The molecule has 55 valence electrons. The van der Waals surface area contributed by atoms with Crippen molar-refractivity contribution in [2.24, 2.45) is 0 Å². The highest BCUT2D eigenvalue weighted by molar-refractivity contribution is 5.34. The number of nitrogens with one attached hydrogen (secondary N) is 1. The molecule has 0 saturated carbocycles. The fourth-order valence-corrected chi connectivity index (χ4v) is 1.05. The van der Waals surface area contributed by atoms with E-state index in [1.54, 1.807) is 6.20 Å². The molecule has 0 amide bonds. The van der Waals surface area contributed by atoms with Gasteiger partial charge >= 0.3 is 0 Å². The Kier molecular flexibility index (Phi) is 1.52. The van der Waals surface area contributed by atoms with Crippen LogP contribution in [0, 0.1) is 6.08 Å². The molecule has 0 aromatic heterocycles. The van der Waals surface area contributed by atoms with Gasteiger partial charge in [-0.25, -0.2) is 5.48 Å². The average molecular weight is 146 g/mol. The van der Waals surface area contributed by atoms with E-state index in [0.29, 0.717) is 0 Å². The van der Waals surface area contributed by atoms with Gasteiger partial charge in [-0.2, -0.15) is 0 Å². The van der Waals surface area contributed by atoms with E-state index in [4.69, 9.17) is 4.84 Å². The van der Waals surface area contributed by atoms with Crippen molar-refractivity contribution < 1.29 is 4.84 Å². The zero-order valence-electron chi connectivity index (χ0n) is 6.00. The number of benzene rings is 1. The highest BCUT2D eigenvalue weighted by Gasteiger charge is 2.02. The van der Waals surface area contributed by atoms with Gasteiger partial charge in [0.25, 0.3) is 0 Å². The van der Waals surface area contributed by atoms with E-state index < -0.39 is 0 Å². The summed E-state index contributed by atoms with van der Waals surface area (Å²) < 4.78 is 0. The first-order chi connectivity index (χ1) is 5.47. The van der Waals surface area contributed by atoms with Gasteiger partial charge in [-0.15, -0.1) is 0 Å². The van der Waals surface area contributed by atoms with Crippen molar-refractivity contribution in [3.8, 4) is 5.75 Å². The average Bonchev–Trinajstić information content (AvgIpc) is 2.28. The lowest BCUT2D eigenvalue weighted by atomic mass is 10.1. The molecule has 0 aliphatic carbocycles. The predicted octanol–water partition coefficient (Wildman–Crippen LogP) is 1.44. The molecule has 1 aliphatic rings. The molecule has 1 N–H and O–H groups in total. The number of hydrogen-bond acceptors (Lipinski definition) is 2. The predicted molar refractivity (Wildman–Crippen MR) is 41.7 cm³/mol. The van der Waals surface area contributed by atoms with Crippen molar-refractivity contribution in [3.63, 3.8) is 0 Å². The molecule has 1 radical (unpaired) electrons. The van der Waals surface area contributed by atoms with Crippen LogP contribution in [-0.2, 0) is 6.42 Å². The lowest BCUT2D eigenvalue weighted by Gasteiger charge is -2.04. The Morgan fingerprint density at radius 1 is 1.36 bits per heavy atom. The molecule has 0 bridgehead atoms. The Labute approximate surface area is 65.4 Å². The molecular weight excluding hydrogens is 138 g/mol. The Morgan fingerprint density at radius 3 is 3.27 bits per heavy atom. The molecule has 0 atom stereocenters. The summed E-state index contributed by atoms with van der Waals surface area (Å²) in [4.78, 5) is 5.18. The van der Waals surface area contributed by atoms with E-state index in [0.717, 1.165) is 17.7 Å². The van der Waals surface area contributed by atoms with Crippen molar-refractivity contribution in [1.29, 1.82) is 0 Å².